The molecule has 1 atom stereocenters. The maximum absolute atomic E-state index is 13.9. The number of hydrogen-bond acceptors (Lipinski definition) is 6. The number of carboxylic acid groups (broad SMARTS) is 1. The number of benzene rings is 1. The van der Waals surface area contributed by atoms with Crippen molar-refractivity contribution in [3.8, 4) is 11.1 Å². The SMILES string of the molecule is Cc1ccc2c(-c3cccc4c3C(Nc3cc5ccn(CCN(C)C)c5cn3)(C(C)(C)C)N(C(=O)O)C4=O)cnn2c1. The van der Waals surface area contributed by atoms with Gasteiger partial charge in [-0.2, -0.15) is 5.10 Å². The van der Waals surface area contributed by atoms with Crippen LogP contribution >= 0.6 is 0 Å². The fourth-order valence-electron chi connectivity index (χ4n) is 6.11. The number of carbonyl (C=O) groups is 2. The fraction of sp³-hybridized carbons (Fsp3) is 0.312. The van der Waals surface area contributed by atoms with Gasteiger partial charge in [0.1, 0.15) is 5.82 Å². The highest BCUT2D eigenvalue weighted by Crippen LogP contribution is 2.54. The molecule has 216 valence electrons. The van der Waals surface area contributed by atoms with Crippen molar-refractivity contribution in [3.63, 3.8) is 0 Å². The number of nitrogens with one attached hydrogen (secondary N) is 1. The zero-order chi connectivity index (χ0) is 30.0. The summed E-state index contributed by atoms with van der Waals surface area (Å²) < 4.78 is 3.95. The molecule has 1 aliphatic rings. The molecule has 42 heavy (non-hydrogen) atoms. The van der Waals surface area contributed by atoms with Crippen LogP contribution in [0.2, 0.25) is 0 Å². The summed E-state index contributed by atoms with van der Waals surface area (Å²) in [6, 6.07) is 13.4. The van der Waals surface area contributed by atoms with Gasteiger partial charge in [-0.05, 0) is 56.4 Å². The standard InChI is InChI=1S/C32H35N7O3/c1-20-10-11-25-24(17-34-38(25)19-20)22-8-7-9-23-28(22)32(31(2,3)4,39(29(23)40)30(41)42)35-27-16-21-12-13-37(15-14-36(5)6)26(21)18-33-27/h7-13,16-19H,14-15H2,1-6H3,(H,33,35)(H,41,42). The Morgan fingerprint density at radius 3 is 2.52 bits per heavy atom. The van der Waals surface area contributed by atoms with Crippen LogP contribution in [-0.4, -0.2) is 66.7 Å². The minimum atomic E-state index is -1.48. The lowest BCUT2D eigenvalue weighted by molar-refractivity contribution is 0.0274. The van der Waals surface area contributed by atoms with Crippen LogP contribution in [0, 0.1) is 12.3 Å². The monoisotopic (exact) mass is 565 g/mol. The summed E-state index contributed by atoms with van der Waals surface area (Å²) in [6.45, 7) is 9.50. The summed E-state index contributed by atoms with van der Waals surface area (Å²) >= 11 is 0. The number of aromatic nitrogens is 4. The normalized spacial score (nSPS) is 17.0. The van der Waals surface area contributed by atoms with Crippen molar-refractivity contribution in [1.82, 2.24) is 29.0 Å². The van der Waals surface area contributed by atoms with Crippen molar-refractivity contribution in [2.75, 3.05) is 26.0 Å². The van der Waals surface area contributed by atoms with E-state index < -0.39 is 23.1 Å². The van der Waals surface area contributed by atoms with E-state index in [2.05, 4.69) is 19.9 Å². The highest BCUT2D eigenvalue weighted by atomic mass is 16.4. The second-order valence-electron chi connectivity index (χ2n) is 12.3. The van der Waals surface area contributed by atoms with Crippen LogP contribution in [0.15, 0.2) is 67.3 Å². The maximum atomic E-state index is 13.9. The summed E-state index contributed by atoms with van der Waals surface area (Å²) in [7, 11) is 4.07. The predicted octanol–water partition coefficient (Wildman–Crippen LogP) is 5.67. The quantitative estimate of drug-likeness (QED) is 0.273. The Morgan fingerprint density at radius 1 is 1.05 bits per heavy atom. The zero-order valence-electron chi connectivity index (χ0n) is 24.7. The van der Waals surface area contributed by atoms with E-state index in [1.807, 2.05) is 84.5 Å². The number of hydrogen-bond donors (Lipinski definition) is 2. The van der Waals surface area contributed by atoms with Crippen molar-refractivity contribution >= 4 is 34.2 Å². The first-order chi connectivity index (χ1) is 19.9. The van der Waals surface area contributed by atoms with Crippen molar-refractivity contribution in [2.45, 2.75) is 39.9 Å². The molecule has 1 aliphatic heterocycles. The van der Waals surface area contributed by atoms with E-state index in [1.54, 1.807) is 29.0 Å². The second-order valence-corrected chi connectivity index (χ2v) is 12.3. The molecule has 5 heterocycles. The number of anilines is 1. The Kier molecular flexibility index (Phi) is 6.34. The van der Waals surface area contributed by atoms with E-state index in [4.69, 9.17) is 4.98 Å². The van der Waals surface area contributed by atoms with Crippen LogP contribution in [0.25, 0.3) is 27.5 Å². The number of aryl methyl sites for hydroxylation is 1. The molecule has 1 aromatic carbocycles. The molecule has 2 N–H and O–H groups in total. The fourth-order valence-corrected chi connectivity index (χ4v) is 6.11. The number of likely N-dealkylation sites (N-methyl/N-ethyl adjacent to an activating group) is 1. The average molecular weight is 566 g/mol. The number of imide groups is 1. The first-order valence-corrected chi connectivity index (χ1v) is 14.0. The molecule has 0 spiro atoms. The minimum absolute atomic E-state index is 0.333. The van der Waals surface area contributed by atoms with E-state index >= 15 is 0 Å². The summed E-state index contributed by atoms with van der Waals surface area (Å²) in [5.41, 5.74) is 3.09. The van der Waals surface area contributed by atoms with Gasteiger partial charge in [-0.3, -0.25) is 4.79 Å². The van der Waals surface area contributed by atoms with E-state index in [-0.39, 0.29) is 0 Å². The molecule has 0 radical (unpaired) electrons. The van der Waals surface area contributed by atoms with Gasteiger partial charge in [0, 0.05) is 53.0 Å². The first kappa shape index (κ1) is 27.5. The zero-order valence-corrected chi connectivity index (χ0v) is 24.7. The van der Waals surface area contributed by atoms with Gasteiger partial charge in [0.25, 0.3) is 5.91 Å². The van der Waals surface area contributed by atoms with Gasteiger partial charge in [0.15, 0.2) is 5.66 Å². The lowest BCUT2D eigenvalue weighted by Gasteiger charge is -2.47. The molecule has 5 aromatic rings. The van der Waals surface area contributed by atoms with E-state index in [0.717, 1.165) is 51.1 Å². The van der Waals surface area contributed by atoms with Crippen LogP contribution in [0.5, 0.6) is 0 Å². The Balaban J connectivity index is 1.56. The van der Waals surface area contributed by atoms with Gasteiger partial charge in [0.2, 0.25) is 0 Å². The van der Waals surface area contributed by atoms with E-state index in [9.17, 15) is 14.7 Å². The van der Waals surface area contributed by atoms with Gasteiger partial charge < -0.3 is 19.9 Å². The number of nitrogens with zero attached hydrogens (tertiary/aromatic N) is 6. The molecule has 10 nitrogen and oxygen atoms in total. The van der Waals surface area contributed by atoms with Crippen molar-refractivity contribution in [2.24, 2.45) is 5.41 Å². The summed E-state index contributed by atoms with van der Waals surface area (Å²) in [5, 5.41) is 19.6. The lowest BCUT2D eigenvalue weighted by Crippen LogP contribution is -2.59. The molecule has 0 bridgehead atoms. The predicted molar refractivity (Wildman–Crippen MR) is 163 cm³/mol. The minimum Gasteiger partial charge on any atom is -0.465 e. The summed E-state index contributed by atoms with van der Waals surface area (Å²) in [4.78, 5) is 34.7. The van der Waals surface area contributed by atoms with Crippen LogP contribution in [0.4, 0.5) is 10.6 Å². The van der Waals surface area contributed by atoms with Gasteiger partial charge in [-0.15, -0.1) is 0 Å². The molecule has 0 fully saturated rings. The second kappa shape index (κ2) is 9.70. The third kappa shape index (κ3) is 4.13. The van der Waals surface area contributed by atoms with Crippen LogP contribution in [0.3, 0.4) is 0 Å². The smallest absolute Gasteiger partial charge is 0.416 e. The maximum Gasteiger partial charge on any atom is 0.416 e. The largest absolute Gasteiger partial charge is 0.465 e. The number of fused-ring (bicyclic) bond motifs is 3. The van der Waals surface area contributed by atoms with Gasteiger partial charge >= 0.3 is 6.09 Å². The van der Waals surface area contributed by atoms with Crippen LogP contribution in [0.1, 0.15) is 42.3 Å². The van der Waals surface area contributed by atoms with Gasteiger partial charge in [-0.1, -0.05) is 39.0 Å². The van der Waals surface area contributed by atoms with Gasteiger partial charge in [0.05, 0.1) is 23.4 Å². The molecule has 0 saturated carbocycles. The third-order valence-corrected chi connectivity index (χ3v) is 8.18. The van der Waals surface area contributed by atoms with Gasteiger partial charge in [-0.25, -0.2) is 19.2 Å². The molecule has 4 aromatic heterocycles. The summed E-state index contributed by atoms with van der Waals surface area (Å²) in [6.07, 6.45) is 6.20. The molecule has 1 unspecified atom stereocenters. The molecule has 10 heteroatoms. The molecule has 0 aliphatic carbocycles. The van der Waals surface area contributed by atoms with E-state index in [1.165, 1.54) is 0 Å². The molecule has 6 rings (SSSR count). The highest BCUT2D eigenvalue weighted by Gasteiger charge is 2.61. The number of carbonyl (C=O) groups excluding carboxylic acids is 1. The van der Waals surface area contributed by atoms with Crippen LogP contribution in [-0.2, 0) is 12.2 Å². The Bertz CT molecular complexity index is 1860. The third-order valence-electron chi connectivity index (χ3n) is 8.18. The molecular formula is C32H35N7O3. The lowest BCUT2D eigenvalue weighted by atomic mass is 9.73. The Hall–Kier alpha value is -4.70. The Labute approximate surface area is 244 Å². The molecular weight excluding hydrogens is 530 g/mol. The summed E-state index contributed by atoms with van der Waals surface area (Å²) in [5.74, 6) is -0.106. The highest BCUT2D eigenvalue weighted by molar-refractivity contribution is 6.10. The van der Waals surface area contributed by atoms with Crippen molar-refractivity contribution in [1.29, 1.82) is 0 Å². The Morgan fingerprint density at radius 2 is 1.81 bits per heavy atom. The molecule has 2 amide bonds. The number of pyridine rings is 2. The molecule has 0 saturated heterocycles. The topological polar surface area (TPSA) is 108 Å². The average Bonchev–Trinajstić information content (AvgIpc) is 3.60. The van der Waals surface area contributed by atoms with Crippen molar-refractivity contribution in [3.05, 3.63) is 83.9 Å². The van der Waals surface area contributed by atoms with E-state index in [0.29, 0.717) is 16.9 Å². The number of rotatable bonds is 6. The van der Waals surface area contributed by atoms with Crippen molar-refractivity contribution < 1.29 is 14.7 Å². The van der Waals surface area contributed by atoms with Crippen LogP contribution < -0.4 is 5.32 Å². The first-order valence-electron chi connectivity index (χ1n) is 14.0. The number of amides is 2.